The number of aliphatic imine (C=N–C) groups is 1. The van der Waals surface area contributed by atoms with Crippen LogP contribution < -0.4 is 21.3 Å². The van der Waals surface area contributed by atoms with Crippen LogP contribution in [0.2, 0.25) is 0 Å². The zero-order chi connectivity index (χ0) is 21.3. The van der Waals surface area contributed by atoms with Gasteiger partial charge in [-0.3, -0.25) is 9.69 Å². The number of nitrogens with zero attached hydrogens (tertiary/aromatic N) is 4. The van der Waals surface area contributed by atoms with E-state index < -0.39 is 18.1 Å². The highest BCUT2D eigenvalue weighted by Crippen LogP contribution is 2.30. The summed E-state index contributed by atoms with van der Waals surface area (Å²) in [7, 11) is 1.65. The number of fused-ring (bicyclic) bond motifs is 1. The Morgan fingerprint density at radius 2 is 1.73 bits per heavy atom. The van der Waals surface area contributed by atoms with Crippen molar-refractivity contribution in [1.29, 1.82) is 0 Å². The molecule has 3 amide bonds. The number of rotatable bonds is 3. The molecule has 2 aromatic carbocycles. The number of nitrogen functional groups attached to an aromatic ring is 1. The third kappa shape index (κ3) is 3.35. The largest absolute Gasteiger partial charge is 0.384 e. The highest BCUT2D eigenvalue weighted by Gasteiger charge is 2.36. The third-order valence-electron chi connectivity index (χ3n) is 4.90. The molecule has 1 unspecified atom stereocenters. The molecule has 3 aromatic rings. The van der Waals surface area contributed by atoms with Crippen LogP contribution >= 0.6 is 0 Å². The Kier molecular flexibility index (Phi) is 4.89. The molecular formula is C22H20N6O2. The van der Waals surface area contributed by atoms with E-state index in [0.29, 0.717) is 17.1 Å². The highest BCUT2D eigenvalue weighted by molar-refractivity contribution is 6.21. The Hall–Kier alpha value is -4.20. The van der Waals surface area contributed by atoms with Crippen molar-refractivity contribution in [3.63, 3.8) is 0 Å². The first kappa shape index (κ1) is 19.1. The number of aromatic nitrogens is 1. The van der Waals surface area contributed by atoms with Crippen LogP contribution in [0.4, 0.5) is 22.0 Å². The first-order chi connectivity index (χ1) is 14.5. The van der Waals surface area contributed by atoms with Crippen LogP contribution in [0.15, 0.2) is 77.9 Å². The summed E-state index contributed by atoms with van der Waals surface area (Å²) in [6.45, 7) is 0. The summed E-state index contributed by atoms with van der Waals surface area (Å²) in [4.78, 5) is 37.2. The normalized spacial score (nSPS) is 15.8. The number of anilines is 3. The number of benzodiazepines with no additional fused rings is 1. The smallest absolute Gasteiger partial charge is 0.321 e. The first-order valence-electron chi connectivity index (χ1n) is 9.28. The van der Waals surface area contributed by atoms with Crippen LogP contribution in [0.1, 0.15) is 11.1 Å². The monoisotopic (exact) mass is 400 g/mol. The van der Waals surface area contributed by atoms with Crippen molar-refractivity contribution in [2.45, 2.75) is 6.17 Å². The number of carbonyl (C=O) groups excluding carboxylic acids is 2. The summed E-state index contributed by atoms with van der Waals surface area (Å²) >= 11 is 0. The fraction of sp³-hybridized carbons (Fsp3) is 0.0909. The summed E-state index contributed by atoms with van der Waals surface area (Å²) in [5, 5.41) is 0. The van der Waals surface area contributed by atoms with Crippen molar-refractivity contribution in [2.24, 2.45) is 10.7 Å². The van der Waals surface area contributed by atoms with E-state index in [1.807, 2.05) is 54.6 Å². The quantitative estimate of drug-likeness (QED) is 0.702. The molecule has 0 saturated carbocycles. The van der Waals surface area contributed by atoms with Gasteiger partial charge in [0, 0.05) is 18.2 Å². The Morgan fingerprint density at radius 1 is 1.03 bits per heavy atom. The fourth-order valence-electron chi connectivity index (χ4n) is 3.43. The van der Waals surface area contributed by atoms with E-state index in [4.69, 9.17) is 16.5 Å². The lowest BCUT2D eigenvalue weighted by Gasteiger charge is -2.28. The Balaban J connectivity index is 1.93. The van der Waals surface area contributed by atoms with Gasteiger partial charge in [-0.2, -0.15) is 0 Å². The van der Waals surface area contributed by atoms with E-state index >= 15 is 0 Å². The van der Waals surface area contributed by atoms with Gasteiger partial charge < -0.3 is 16.4 Å². The molecule has 0 saturated heterocycles. The molecule has 1 aliphatic rings. The molecular weight excluding hydrogens is 380 g/mol. The molecule has 150 valence electrons. The van der Waals surface area contributed by atoms with Crippen molar-refractivity contribution < 1.29 is 9.59 Å². The van der Waals surface area contributed by atoms with Gasteiger partial charge in [0.1, 0.15) is 5.82 Å². The van der Waals surface area contributed by atoms with Gasteiger partial charge in [-0.25, -0.2) is 14.8 Å². The maximum atomic E-state index is 13.4. The Labute approximate surface area is 173 Å². The summed E-state index contributed by atoms with van der Waals surface area (Å²) in [6.07, 6.45) is 0.184. The summed E-state index contributed by atoms with van der Waals surface area (Å²) in [5.41, 5.74) is 14.5. The predicted molar refractivity (Wildman–Crippen MR) is 116 cm³/mol. The van der Waals surface area contributed by atoms with E-state index in [9.17, 15) is 9.59 Å². The lowest BCUT2D eigenvalue weighted by atomic mass is 10.0. The molecule has 1 atom stereocenters. The van der Waals surface area contributed by atoms with Gasteiger partial charge >= 0.3 is 6.03 Å². The number of likely N-dealkylation sites (N-methyl/N-ethyl adjacent to an activating group) is 1. The van der Waals surface area contributed by atoms with Crippen molar-refractivity contribution in [2.75, 3.05) is 22.6 Å². The standard InChI is InChI=1S/C22H20N6O2/c1-27-17-10-6-5-9-16(17)19(14-7-3-2-4-8-14)26-20(21(27)29)28(22(24)30)15-11-12-18(23)25-13-15/h2-13,20H,1H3,(H2,23,25)(H2,24,30). The molecule has 8 heteroatoms. The molecule has 2 heterocycles. The SMILES string of the molecule is CN1C(=O)C(N(C(N)=O)c2ccc(N)nc2)N=C(c2ccccc2)c2ccccc21. The minimum absolute atomic E-state index is 0.286. The second-order valence-electron chi connectivity index (χ2n) is 6.78. The molecule has 0 aliphatic carbocycles. The number of nitrogens with two attached hydrogens (primary N) is 2. The van der Waals surface area contributed by atoms with Crippen LogP contribution in [0.5, 0.6) is 0 Å². The van der Waals surface area contributed by atoms with Crippen LogP contribution in [0.3, 0.4) is 0 Å². The highest BCUT2D eigenvalue weighted by atomic mass is 16.2. The molecule has 0 bridgehead atoms. The average Bonchev–Trinajstić information content (AvgIpc) is 2.86. The summed E-state index contributed by atoms with van der Waals surface area (Å²) < 4.78 is 0. The second-order valence-corrected chi connectivity index (χ2v) is 6.78. The predicted octanol–water partition coefficient (Wildman–Crippen LogP) is 2.39. The number of amides is 3. The molecule has 8 nitrogen and oxygen atoms in total. The second kappa shape index (κ2) is 7.67. The molecule has 1 aliphatic heterocycles. The molecule has 4 rings (SSSR count). The van der Waals surface area contributed by atoms with E-state index in [0.717, 1.165) is 16.0 Å². The maximum Gasteiger partial charge on any atom is 0.321 e. The van der Waals surface area contributed by atoms with Crippen molar-refractivity contribution in [3.8, 4) is 0 Å². The molecule has 0 radical (unpaired) electrons. The topological polar surface area (TPSA) is 118 Å². The van der Waals surface area contributed by atoms with Gasteiger partial charge in [0.15, 0.2) is 0 Å². The van der Waals surface area contributed by atoms with E-state index in [2.05, 4.69) is 4.98 Å². The summed E-state index contributed by atoms with van der Waals surface area (Å²) in [5.74, 6) is -0.114. The molecule has 0 fully saturated rings. The van der Waals surface area contributed by atoms with Crippen LogP contribution in [-0.4, -0.2) is 35.8 Å². The average molecular weight is 400 g/mol. The van der Waals surface area contributed by atoms with Crippen LogP contribution in [-0.2, 0) is 4.79 Å². The van der Waals surface area contributed by atoms with E-state index in [-0.39, 0.29) is 5.82 Å². The van der Waals surface area contributed by atoms with Gasteiger partial charge in [0.2, 0.25) is 6.17 Å². The number of para-hydroxylation sites is 1. The number of urea groups is 1. The zero-order valence-corrected chi connectivity index (χ0v) is 16.3. The van der Waals surface area contributed by atoms with E-state index in [1.165, 1.54) is 17.2 Å². The molecule has 0 spiro atoms. The number of carbonyl (C=O) groups is 2. The van der Waals surface area contributed by atoms with Crippen LogP contribution in [0, 0.1) is 0 Å². The van der Waals surface area contributed by atoms with Gasteiger partial charge in [-0.05, 0) is 18.2 Å². The van der Waals surface area contributed by atoms with Crippen molar-refractivity contribution in [3.05, 3.63) is 84.1 Å². The molecule has 1 aromatic heterocycles. The Bertz CT molecular complexity index is 1130. The lowest BCUT2D eigenvalue weighted by Crippen LogP contribution is -2.51. The van der Waals surface area contributed by atoms with Crippen molar-refractivity contribution >= 4 is 34.8 Å². The molecule has 4 N–H and O–H groups in total. The number of primary amides is 1. The van der Waals surface area contributed by atoms with Gasteiger partial charge in [0.25, 0.3) is 5.91 Å². The number of hydrogen-bond donors (Lipinski definition) is 2. The molecule has 30 heavy (non-hydrogen) atoms. The number of pyridine rings is 1. The summed E-state index contributed by atoms with van der Waals surface area (Å²) in [6, 6.07) is 19.2. The third-order valence-corrected chi connectivity index (χ3v) is 4.90. The van der Waals surface area contributed by atoms with Gasteiger partial charge in [0.05, 0.1) is 23.3 Å². The minimum Gasteiger partial charge on any atom is -0.384 e. The number of benzene rings is 2. The van der Waals surface area contributed by atoms with Gasteiger partial charge in [-0.1, -0.05) is 48.5 Å². The van der Waals surface area contributed by atoms with Crippen molar-refractivity contribution in [1.82, 2.24) is 4.98 Å². The first-order valence-corrected chi connectivity index (χ1v) is 9.28. The maximum absolute atomic E-state index is 13.4. The van der Waals surface area contributed by atoms with E-state index in [1.54, 1.807) is 13.1 Å². The fourth-order valence-corrected chi connectivity index (χ4v) is 3.43. The lowest BCUT2D eigenvalue weighted by molar-refractivity contribution is -0.119. The Morgan fingerprint density at radius 3 is 2.40 bits per heavy atom. The van der Waals surface area contributed by atoms with Gasteiger partial charge in [-0.15, -0.1) is 0 Å². The number of hydrogen-bond acceptors (Lipinski definition) is 5. The van der Waals surface area contributed by atoms with Crippen LogP contribution in [0.25, 0.3) is 0 Å². The minimum atomic E-state index is -1.21. The zero-order valence-electron chi connectivity index (χ0n) is 16.3.